The number of H-pyrrole nitrogens is 1. The van der Waals surface area contributed by atoms with Gasteiger partial charge in [-0.05, 0) is 28.1 Å². The zero-order valence-electron chi connectivity index (χ0n) is 10.1. The normalized spacial score (nSPS) is 11.3. The van der Waals surface area contributed by atoms with E-state index in [2.05, 4.69) is 36.2 Å². The summed E-state index contributed by atoms with van der Waals surface area (Å²) in [4.78, 5) is 4.30. The second-order valence-electron chi connectivity index (χ2n) is 3.96. The van der Waals surface area contributed by atoms with Gasteiger partial charge >= 0.3 is 0 Å². The Bertz CT molecular complexity index is 717. The van der Waals surface area contributed by atoms with Crippen LogP contribution in [0.25, 0.3) is 16.9 Å². The average molecular weight is 323 g/mol. The van der Waals surface area contributed by atoms with Gasteiger partial charge in [-0.1, -0.05) is 0 Å². The summed E-state index contributed by atoms with van der Waals surface area (Å²) in [6.45, 7) is 0.365. The highest BCUT2D eigenvalue weighted by Crippen LogP contribution is 2.25. The van der Waals surface area contributed by atoms with Crippen molar-refractivity contribution in [3.05, 3.63) is 28.5 Å². The minimum atomic E-state index is 0.365. The van der Waals surface area contributed by atoms with Crippen molar-refractivity contribution >= 4 is 32.8 Å². The lowest BCUT2D eigenvalue weighted by Gasteiger charge is -2.00. The van der Waals surface area contributed by atoms with E-state index in [0.717, 1.165) is 15.6 Å². The molecule has 98 valence electrons. The molecule has 0 saturated carbocycles. The van der Waals surface area contributed by atoms with E-state index >= 15 is 0 Å². The molecule has 19 heavy (non-hydrogen) atoms. The molecule has 0 amide bonds. The molecule has 0 atom stereocenters. The number of pyridine rings is 1. The molecule has 3 N–H and O–H groups in total. The zero-order chi connectivity index (χ0) is 13.4. The first-order valence-corrected chi connectivity index (χ1v) is 6.32. The number of nitrogen functional groups attached to an aromatic ring is 1. The van der Waals surface area contributed by atoms with Gasteiger partial charge in [0.05, 0.1) is 12.0 Å². The van der Waals surface area contributed by atoms with Crippen LogP contribution in [-0.4, -0.2) is 32.1 Å². The van der Waals surface area contributed by atoms with Crippen LogP contribution in [0.15, 0.2) is 22.8 Å². The fourth-order valence-electron chi connectivity index (χ4n) is 1.89. The largest absolute Gasteiger partial charge is 0.383 e. The Morgan fingerprint density at radius 2 is 2.32 bits per heavy atom. The van der Waals surface area contributed by atoms with E-state index in [0.29, 0.717) is 23.9 Å². The molecular formula is C11H11BrN6O. The number of ether oxygens (including phenoxy) is 1. The second-order valence-corrected chi connectivity index (χ2v) is 4.88. The maximum Gasteiger partial charge on any atom is 0.188 e. The van der Waals surface area contributed by atoms with E-state index in [-0.39, 0.29) is 0 Å². The van der Waals surface area contributed by atoms with Crippen LogP contribution in [0.2, 0.25) is 0 Å². The standard InChI is InChI=1S/C11H11BrN6O/c1-19-5-7-9-10(13)15-16-11(9)18(17-7)8-3-2-6(12)4-14-8/h2-4H,5H2,1H3,(H3,13,15,16). The number of fused-ring (bicyclic) bond motifs is 1. The molecule has 3 aromatic rings. The number of nitrogens with one attached hydrogen (secondary N) is 1. The SMILES string of the molecule is COCc1nn(-c2ccc(Br)cn2)c2n[nH]c(N)c12. The molecule has 0 radical (unpaired) electrons. The number of aromatic nitrogens is 5. The fourth-order valence-corrected chi connectivity index (χ4v) is 2.13. The maximum atomic E-state index is 5.87. The molecule has 7 nitrogen and oxygen atoms in total. The Labute approximate surface area is 116 Å². The number of rotatable bonds is 3. The summed E-state index contributed by atoms with van der Waals surface area (Å²) in [5, 5.41) is 12.1. The van der Waals surface area contributed by atoms with Crippen molar-refractivity contribution in [3.8, 4) is 5.82 Å². The van der Waals surface area contributed by atoms with Crippen LogP contribution in [0.4, 0.5) is 5.82 Å². The van der Waals surface area contributed by atoms with Crippen molar-refractivity contribution < 1.29 is 4.74 Å². The van der Waals surface area contributed by atoms with Gasteiger partial charge in [0.25, 0.3) is 0 Å². The van der Waals surface area contributed by atoms with Crippen LogP contribution in [0.3, 0.4) is 0 Å². The van der Waals surface area contributed by atoms with Crippen LogP contribution < -0.4 is 5.73 Å². The fraction of sp³-hybridized carbons (Fsp3) is 0.182. The summed E-state index contributed by atoms with van der Waals surface area (Å²) in [5.74, 6) is 1.15. The number of nitrogens with two attached hydrogens (primary N) is 1. The number of hydrogen-bond acceptors (Lipinski definition) is 5. The Morgan fingerprint density at radius 1 is 1.47 bits per heavy atom. The molecule has 0 unspecified atom stereocenters. The minimum Gasteiger partial charge on any atom is -0.383 e. The van der Waals surface area contributed by atoms with Crippen LogP contribution in [0.5, 0.6) is 0 Å². The lowest BCUT2D eigenvalue weighted by atomic mass is 10.3. The third-order valence-electron chi connectivity index (χ3n) is 2.69. The predicted molar refractivity (Wildman–Crippen MR) is 73.8 cm³/mol. The van der Waals surface area contributed by atoms with Gasteiger partial charge in [0.15, 0.2) is 11.5 Å². The molecular weight excluding hydrogens is 312 g/mol. The number of nitrogens with zero attached hydrogens (tertiary/aromatic N) is 4. The Kier molecular flexibility index (Phi) is 2.96. The lowest BCUT2D eigenvalue weighted by Crippen LogP contribution is -2.01. The van der Waals surface area contributed by atoms with Crippen LogP contribution in [-0.2, 0) is 11.3 Å². The molecule has 8 heteroatoms. The second kappa shape index (κ2) is 4.63. The highest BCUT2D eigenvalue weighted by Gasteiger charge is 2.17. The molecule has 3 heterocycles. The monoisotopic (exact) mass is 322 g/mol. The number of aromatic amines is 1. The summed E-state index contributed by atoms with van der Waals surface area (Å²) >= 11 is 3.35. The van der Waals surface area contributed by atoms with Crippen LogP contribution in [0, 0.1) is 0 Å². The van der Waals surface area contributed by atoms with Crippen LogP contribution >= 0.6 is 15.9 Å². The highest BCUT2D eigenvalue weighted by atomic mass is 79.9. The molecule has 0 fully saturated rings. The minimum absolute atomic E-state index is 0.365. The van der Waals surface area contributed by atoms with Crippen molar-refractivity contribution in [1.29, 1.82) is 0 Å². The number of hydrogen-bond donors (Lipinski definition) is 2. The van der Waals surface area contributed by atoms with Crippen molar-refractivity contribution in [2.24, 2.45) is 0 Å². The van der Waals surface area contributed by atoms with Gasteiger partial charge < -0.3 is 10.5 Å². The van der Waals surface area contributed by atoms with E-state index in [1.807, 2.05) is 12.1 Å². The molecule has 0 saturated heterocycles. The molecule has 0 spiro atoms. The Morgan fingerprint density at radius 3 is 3.00 bits per heavy atom. The summed E-state index contributed by atoms with van der Waals surface area (Å²) in [6, 6.07) is 3.74. The maximum absolute atomic E-state index is 5.87. The predicted octanol–water partition coefficient (Wildman–Crippen LogP) is 1.63. The van der Waals surface area contributed by atoms with Gasteiger partial charge in [-0.3, -0.25) is 5.10 Å². The molecule has 0 aliphatic carbocycles. The average Bonchev–Trinajstić information content (AvgIpc) is 2.94. The topological polar surface area (TPSA) is 94.6 Å². The third-order valence-corrected chi connectivity index (χ3v) is 3.16. The summed E-state index contributed by atoms with van der Waals surface area (Å²) in [5.41, 5.74) is 7.24. The van der Waals surface area contributed by atoms with Gasteiger partial charge in [-0.15, -0.1) is 0 Å². The first-order valence-electron chi connectivity index (χ1n) is 5.53. The molecule has 0 aliphatic heterocycles. The van der Waals surface area contributed by atoms with Gasteiger partial charge in [-0.2, -0.15) is 14.9 Å². The number of anilines is 1. The van der Waals surface area contributed by atoms with E-state index in [1.54, 1.807) is 18.0 Å². The van der Waals surface area contributed by atoms with Gasteiger partial charge in [-0.25, -0.2) is 4.98 Å². The highest BCUT2D eigenvalue weighted by molar-refractivity contribution is 9.10. The van der Waals surface area contributed by atoms with Crippen molar-refractivity contribution in [3.63, 3.8) is 0 Å². The quantitative estimate of drug-likeness (QED) is 0.764. The first kappa shape index (κ1) is 12.1. The van der Waals surface area contributed by atoms with Gasteiger partial charge in [0.2, 0.25) is 0 Å². The number of methoxy groups -OCH3 is 1. The van der Waals surface area contributed by atoms with Gasteiger partial charge in [0.1, 0.15) is 11.5 Å². The van der Waals surface area contributed by atoms with Gasteiger partial charge in [0, 0.05) is 17.8 Å². The molecule has 0 aromatic carbocycles. The Hall–Kier alpha value is -1.93. The van der Waals surface area contributed by atoms with E-state index in [9.17, 15) is 0 Å². The summed E-state index contributed by atoms with van der Waals surface area (Å²) in [7, 11) is 1.61. The first-order chi connectivity index (χ1) is 9.20. The summed E-state index contributed by atoms with van der Waals surface area (Å²) < 4.78 is 7.67. The van der Waals surface area contributed by atoms with Crippen molar-refractivity contribution in [1.82, 2.24) is 25.0 Å². The van der Waals surface area contributed by atoms with Crippen molar-refractivity contribution in [2.45, 2.75) is 6.61 Å². The van der Waals surface area contributed by atoms with Crippen molar-refractivity contribution in [2.75, 3.05) is 12.8 Å². The molecule has 0 aliphatic rings. The zero-order valence-corrected chi connectivity index (χ0v) is 11.7. The molecule has 0 bridgehead atoms. The van der Waals surface area contributed by atoms with Crippen LogP contribution in [0.1, 0.15) is 5.69 Å². The molecule has 3 aromatic heterocycles. The smallest absolute Gasteiger partial charge is 0.188 e. The summed E-state index contributed by atoms with van der Waals surface area (Å²) in [6.07, 6.45) is 1.70. The Balaban J connectivity index is 2.21. The third kappa shape index (κ3) is 1.98. The number of halogens is 1. The van der Waals surface area contributed by atoms with E-state index in [4.69, 9.17) is 10.5 Å². The van der Waals surface area contributed by atoms with E-state index in [1.165, 1.54) is 0 Å². The lowest BCUT2D eigenvalue weighted by molar-refractivity contribution is 0.182. The van der Waals surface area contributed by atoms with E-state index < -0.39 is 0 Å². The molecule has 3 rings (SSSR count).